The van der Waals surface area contributed by atoms with Crippen molar-refractivity contribution in [2.75, 3.05) is 13.1 Å². The number of benzene rings is 1. The normalized spacial score (nSPS) is 18.1. The van der Waals surface area contributed by atoms with Crippen LogP contribution in [0.5, 0.6) is 0 Å². The SMILES string of the molecule is CCC1=C(c2cc(F)c3ccoc3c2)N2CCN=C2S1. The van der Waals surface area contributed by atoms with Gasteiger partial charge in [0.05, 0.1) is 23.9 Å². The lowest BCUT2D eigenvalue weighted by molar-refractivity contribution is 0.607. The van der Waals surface area contributed by atoms with E-state index in [2.05, 4.69) is 16.8 Å². The Morgan fingerprint density at radius 3 is 3.20 bits per heavy atom. The van der Waals surface area contributed by atoms with Gasteiger partial charge in [0.2, 0.25) is 0 Å². The second-order valence-electron chi connectivity index (χ2n) is 4.83. The third-order valence-corrected chi connectivity index (χ3v) is 4.93. The first-order valence-electron chi connectivity index (χ1n) is 6.68. The molecule has 20 heavy (non-hydrogen) atoms. The molecule has 0 fully saturated rings. The molecule has 0 N–H and O–H groups in total. The van der Waals surface area contributed by atoms with Crippen LogP contribution >= 0.6 is 11.8 Å². The number of hydrogen-bond donors (Lipinski definition) is 0. The van der Waals surface area contributed by atoms with Crippen molar-refractivity contribution in [2.24, 2.45) is 4.99 Å². The summed E-state index contributed by atoms with van der Waals surface area (Å²) in [5.74, 6) is -0.233. The molecule has 0 aliphatic carbocycles. The zero-order valence-electron chi connectivity index (χ0n) is 11.0. The topological polar surface area (TPSA) is 28.7 Å². The number of thioether (sulfide) groups is 1. The molecule has 0 bridgehead atoms. The molecule has 0 radical (unpaired) electrons. The molecular weight excluding hydrogens is 275 g/mol. The highest BCUT2D eigenvalue weighted by Crippen LogP contribution is 2.43. The van der Waals surface area contributed by atoms with Crippen molar-refractivity contribution in [1.82, 2.24) is 4.90 Å². The van der Waals surface area contributed by atoms with Gasteiger partial charge in [-0.2, -0.15) is 0 Å². The number of nitrogens with zero attached hydrogens (tertiary/aromatic N) is 2. The Morgan fingerprint density at radius 2 is 2.35 bits per heavy atom. The third kappa shape index (κ3) is 1.62. The number of aliphatic imine (C=N–C) groups is 1. The van der Waals surface area contributed by atoms with Gasteiger partial charge in [-0.05, 0) is 24.6 Å². The molecule has 0 spiro atoms. The van der Waals surface area contributed by atoms with Crippen LogP contribution in [0.15, 0.2) is 38.8 Å². The zero-order valence-corrected chi connectivity index (χ0v) is 11.8. The van der Waals surface area contributed by atoms with Gasteiger partial charge >= 0.3 is 0 Å². The number of hydrogen-bond acceptors (Lipinski definition) is 4. The van der Waals surface area contributed by atoms with Crippen LogP contribution < -0.4 is 0 Å². The first kappa shape index (κ1) is 12.0. The van der Waals surface area contributed by atoms with Crippen molar-refractivity contribution < 1.29 is 8.81 Å². The third-order valence-electron chi connectivity index (χ3n) is 3.67. The van der Waals surface area contributed by atoms with Crippen LogP contribution in [-0.4, -0.2) is 23.2 Å². The van der Waals surface area contributed by atoms with E-state index < -0.39 is 0 Å². The summed E-state index contributed by atoms with van der Waals surface area (Å²) in [5.41, 5.74) is 2.56. The molecular formula is C15H13FN2OS. The molecule has 0 saturated carbocycles. The molecule has 102 valence electrons. The largest absolute Gasteiger partial charge is 0.464 e. The minimum atomic E-state index is -0.233. The second kappa shape index (κ2) is 4.38. The molecule has 2 aromatic rings. The Labute approximate surface area is 120 Å². The molecule has 4 rings (SSSR count). The number of fused-ring (bicyclic) bond motifs is 2. The highest BCUT2D eigenvalue weighted by atomic mass is 32.2. The minimum Gasteiger partial charge on any atom is -0.464 e. The van der Waals surface area contributed by atoms with Crippen molar-refractivity contribution in [3.8, 4) is 0 Å². The molecule has 3 heterocycles. The summed E-state index contributed by atoms with van der Waals surface area (Å²) in [6.45, 7) is 3.81. The number of rotatable bonds is 2. The molecule has 0 saturated heterocycles. The molecule has 1 aromatic carbocycles. The van der Waals surface area contributed by atoms with Crippen molar-refractivity contribution in [1.29, 1.82) is 0 Å². The lowest BCUT2D eigenvalue weighted by atomic mass is 10.1. The van der Waals surface area contributed by atoms with Crippen LogP contribution in [0.2, 0.25) is 0 Å². The van der Waals surface area contributed by atoms with E-state index in [-0.39, 0.29) is 5.82 Å². The quantitative estimate of drug-likeness (QED) is 0.834. The second-order valence-corrected chi connectivity index (χ2v) is 5.90. The van der Waals surface area contributed by atoms with E-state index in [0.29, 0.717) is 11.0 Å². The summed E-state index contributed by atoms with van der Waals surface area (Å²) in [6, 6.07) is 5.19. The molecule has 5 heteroatoms. The van der Waals surface area contributed by atoms with Crippen molar-refractivity contribution in [2.45, 2.75) is 13.3 Å². The van der Waals surface area contributed by atoms with E-state index in [1.165, 1.54) is 11.2 Å². The minimum absolute atomic E-state index is 0.233. The molecule has 3 nitrogen and oxygen atoms in total. The van der Waals surface area contributed by atoms with E-state index in [0.717, 1.165) is 35.9 Å². The van der Waals surface area contributed by atoms with E-state index in [1.807, 2.05) is 6.07 Å². The fourth-order valence-corrected chi connectivity index (χ4v) is 3.89. The van der Waals surface area contributed by atoms with E-state index in [9.17, 15) is 4.39 Å². The zero-order chi connectivity index (χ0) is 13.7. The Kier molecular flexibility index (Phi) is 2.63. The van der Waals surface area contributed by atoms with Crippen LogP contribution in [0.25, 0.3) is 16.7 Å². The maximum absolute atomic E-state index is 14.2. The number of halogens is 1. The molecule has 0 unspecified atom stereocenters. The molecule has 0 amide bonds. The summed E-state index contributed by atoms with van der Waals surface area (Å²) in [6.07, 6.45) is 2.45. The van der Waals surface area contributed by atoms with E-state index in [1.54, 1.807) is 23.9 Å². The standard InChI is InChI=1S/C15H13FN2OS/c1-2-13-14(18-5-4-17-15(18)20-13)9-7-11(16)10-3-6-19-12(10)8-9/h3,6-8H,2,4-5H2,1H3. The van der Waals surface area contributed by atoms with Crippen molar-refractivity contribution in [3.05, 3.63) is 40.7 Å². The van der Waals surface area contributed by atoms with Crippen LogP contribution in [0.3, 0.4) is 0 Å². The molecule has 1 aromatic heterocycles. The number of allylic oxidation sites excluding steroid dienone is 1. The highest BCUT2D eigenvalue weighted by Gasteiger charge is 2.32. The summed E-state index contributed by atoms with van der Waals surface area (Å²) >= 11 is 1.70. The van der Waals surface area contributed by atoms with Gasteiger partial charge < -0.3 is 9.32 Å². The smallest absolute Gasteiger partial charge is 0.168 e. The lowest BCUT2D eigenvalue weighted by Gasteiger charge is -2.17. The van der Waals surface area contributed by atoms with Gasteiger partial charge in [-0.25, -0.2) is 4.39 Å². The monoisotopic (exact) mass is 288 g/mol. The predicted molar refractivity (Wildman–Crippen MR) is 80.0 cm³/mol. The van der Waals surface area contributed by atoms with Gasteiger partial charge in [0.25, 0.3) is 0 Å². The Morgan fingerprint density at radius 1 is 1.45 bits per heavy atom. The molecule has 2 aliphatic heterocycles. The summed E-state index contributed by atoms with van der Waals surface area (Å²) in [4.78, 5) is 7.92. The van der Waals surface area contributed by atoms with Gasteiger partial charge in [0.15, 0.2) is 5.17 Å². The van der Waals surface area contributed by atoms with Crippen LogP contribution in [-0.2, 0) is 0 Å². The van der Waals surface area contributed by atoms with Gasteiger partial charge in [0, 0.05) is 17.0 Å². The van der Waals surface area contributed by atoms with Gasteiger partial charge in [-0.15, -0.1) is 0 Å². The van der Waals surface area contributed by atoms with Crippen LogP contribution in [0.1, 0.15) is 18.9 Å². The first-order chi connectivity index (χ1) is 9.78. The molecule has 0 atom stereocenters. The van der Waals surface area contributed by atoms with Gasteiger partial charge in [0.1, 0.15) is 11.4 Å². The van der Waals surface area contributed by atoms with Gasteiger partial charge in [-0.3, -0.25) is 4.99 Å². The van der Waals surface area contributed by atoms with E-state index in [4.69, 9.17) is 4.42 Å². The average molecular weight is 288 g/mol. The number of amidine groups is 1. The first-order valence-corrected chi connectivity index (χ1v) is 7.49. The average Bonchev–Trinajstić information content (AvgIpc) is 3.12. The molecule has 2 aliphatic rings. The maximum atomic E-state index is 14.2. The van der Waals surface area contributed by atoms with Crippen LogP contribution in [0.4, 0.5) is 4.39 Å². The lowest BCUT2D eigenvalue weighted by Crippen LogP contribution is -2.20. The van der Waals surface area contributed by atoms with Crippen molar-refractivity contribution in [3.63, 3.8) is 0 Å². The van der Waals surface area contributed by atoms with Crippen LogP contribution in [0, 0.1) is 5.82 Å². The fourth-order valence-electron chi connectivity index (χ4n) is 2.75. The maximum Gasteiger partial charge on any atom is 0.168 e. The summed E-state index contributed by atoms with van der Waals surface area (Å²) in [5, 5.41) is 1.57. The summed E-state index contributed by atoms with van der Waals surface area (Å²) < 4.78 is 19.5. The Balaban J connectivity index is 1.90. The van der Waals surface area contributed by atoms with E-state index >= 15 is 0 Å². The van der Waals surface area contributed by atoms with Gasteiger partial charge in [-0.1, -0.05) is 18.7 Å². The Hall–Kier alpha value is -1.75. The fraction of sp³-hybridized carbons (Fsp3) is 0.267. The number of furan rings is 1. The highest BCUT2D eigenvalue weighted by molar-refractivity contribution is 8.17. The summed E-state index contributed by atoms with van der Waals surface area (Å²) in [7, 11) is 0. The predicted octanol–water partition coefficient (Wildman–Crippen LogP) is 4.07. The van der Waals surface area contributed by atoms with Crippen molar-refractivity contribution >= 4 is 33.6 Å². The Bertz CT molecular complexity index is 762.